The van der Waals surface area contributed by atoms with Crippen molar-refractivity contribution >= 4 is 6.09 Å². The molecule has 2 aliphatic rings. The SMILES string of the molecule is CC(C)(C)OC(=O)N1CCC2(CC1)OCc1cc(C(C)(C)O)ccc1O2. The first kappa shape index (κ1) is 19.0. The third-order valence-electron chi connectivity index (χ3n) is 4.73. The Hall–Kier alpha value is -1.79. The van der Waals surface area contributed by atoms with Crippen molar-refractivity contribution in [1.29, 1.82) is 0 Å². The lowest BCUT2D eigenvalue weighted by atomic mass is 9.95. The summed E-state index contributed by atoms with van der Waals surface area (Å²) in [5, 5.41) is 10.2. The highest BCUT2D eigenvalue weighted by Gasteiger charge is 2.42. The molecule has 1 fully saturated rings. The van der Waals surface area contributed by atoms with E-state index in [4.69, 9.17) is 14.2 Å². The second-order valence-corrected chi connectivity index (χ2v) is 8.65. The molecule has 1 N–H and O–H groups in total. The van der Waals surface area contributed by atoms with Crippen molar-refractivity contribution in [3.05, 3.63) is 29.3 Å². The zero-order valence-corrected chi connectivity index (χ0v) is 16.3. The van der Waals surface area contributed by atoms with Crippen LogP contribution in [-0.2, 0) is 21.7 Å². The van der Waals surface area contributed by atoms with Crippen molar-refractivity contribution < 1.29 is 24.1 Å². The number of fused-ring (bicyclic) bond motifs is 1. The molecule has 3 rings (SSSR count). The topological polar surface area (TPSA) is 68.2 Å². The minimum absolute atomic E-state index is 0.293. The van der Waals surface area contributed by atoms with E-state index in [1.54, 1.807) is 18.7 Å². The van der Waals surface area contributed by atoms with Crippen LogP contribution < -0.4 is 4.74 Å². The summed E-state index contributed by atoms with van der Waals surface area (Å²) in [6.07, 6.45) is 0.899. The molecule has 1 aromatic rings. The predicted octanol–water partition coefficient (Wildman–Crippen LogP) is 3.55. The fourth-order valence-electron chi connectivity index (χ4n) is 3.21. The standard InChI is InChI=1S/C20H29NO5/c1-18(2,3)26-17(22)21-10-8-20(9-11-21)24-13-14-12-15(19(4,5)23)6-7-16(14)25-20/h6-7,12,23H,8-11,13H2,1-5H3. The number of benzene rings is 1. The molecule has 6 heteroatoms. The lowest BCUT2D eigenvalue weighted by molar-refractivity contribution is -0.226. The van der Waals surface area contributed by atoms with Crippen molar-refractivity contribution in [2.24, 2.45) is 0 Å². The summed E-state index contributed by atoms with van der Waals surface area (Å²) in [5.74, 6) is 0.0943. The largest absolute Gasteiger partial charge is 0.462 e. The lowest BCUT2D eigenvalue weighted by Gasteiger charge is -2.44. The van der Waals surface area contributed by atoms with Gasteiger partial charge in [0.2, 0.25) is 5.79 Å². The summed E-state index contributed by atoms with van der Waals surface area (Å²) in [5.41, 5.74) is 0.369. The average Bonchev–Trinajstić information content (AvgIpc) is 2.52. The molecule has 1 amide bonds. The van der Waals surface area contributed by atoms with E-state index in [-0.39, 0.29) is 6.09 Å². The second kappa shape index (κ2) is 6.43. The number of piperidine rings is 1. The molecule has 1 spiro atoms. The summed E-state index contributed by atoms with van der Waals surface area (Å²) >= 11 is 0. The molecular weight excluding hydrogens is 334 g/mol. The van der Waals surface area contributed by atoms with Crippen molar-refractivity contribution in [3.63, 3.8) is 0 Å². The van der Waals surface area contributed by atoms with Crippen LogP contribution in [-0.4, -0.2) is 40.6 Å². The number of amides is 1. The van der Waals surface area contributed by atoms with Gasteiger partial charge in [0.15, 0.2) is 0 Å². The quantitative estimate of drug-likeness (QED) is 0.826. The van der Waals surface area contributed by atoms with Crippen LogP contribution in [0.1, 0.15) is 58.6 Å². The Morgan fingerprint density at radius 3 is 2.42 bits per heavy atom. The minimum atomic E-state index is -0.900. The van der Waals surface area contributed by atoms with Gasteiger partial charge in [-0.1, -0.05) is 6.07 Å². The van der Waals surface area contributed by atoms with E-state index in [1.165, 1.54) is 0 Å². The highest BCUT2D eigenvalue weighted by Crippen LogP contribution is 2.39. The van der Waals surface area contributed by atoms with Crippen LogP contribution in [0.4, 0.5) is 4.79 Å². The number of hydrogen-bond donors (Lipinski definition) is 1. The molecule has 6 nitrogen and oxygen atoms in total. The van der Waals surface area contributed by atoms with Gasteiger partial charge >= 0.3 is 6.09 Å². The van der Waals surface area contributed by atoms with Gasteiger partial charge in [-0.2, -0.15) is 0 Å². The summed E-state index contributed by atoms with van der Waals surface area (Å²) in [4.78, 5) is 13.9. The number of ether oxygens (including phenoxy) is 3. The van der Waals surface area contributed by atoms with E-state index in [2.05, 4.69) is 0 Å². The fourth-order valence-corrected chi connectivity index (χ4v) is 3.21. The van der Waals surface area contributed by atoms with Gasteiger partial charge in [0.25, 0.3) is 0 Å². The average molecular weight is 363 g/mol. The number of hydrogen-bond acceptors (Lipinski definition) is 5. The third-order valence-corrected chi connectivity index (χ3v) is 4.73. The van der Waals surface area contributed by atoms with Gasteiger partial charge in [-0.15, -0.1) is 0 Å². The number of likely N-dealkylation sites (tertiary alicyclic amines) is 1. The van der Waals surface area contributed by atoms with Crippen molar-refractivity contribution in [2.75, 3.05) is 13.1 Å². The van der Waals surface area contributed by atoms with Crippen LogP contribution in [0, 0.1) is 0 Å². The zero-order chi connectivity index (χ0) is 19.2. The number of carbonyl (C=O) groups excluding carboxylic acids is 1. The van der Waals surface area contributed by atoms with E-state index >= 15 is 0 Å². The molecule has 0 unspecified atom stereocenters. The van der Waals surface area contributed by atoms with E-state index < -0.39 is 17.0 Å². The fraction of sp³-hybridized carbons (Fsp3) is 0.650. The highest BCUT2D eigenvalue weighted by molar-refractivity contribution is 5.68. The van der Waals surface area contributed by atoms with Gasteiger partial charge in [0.05, 0.1) is 12.2 Å². The smallest absolute Gasteiger partial charge is 0.410 e. The predicted molar refractivity (Wildman–Crippen MR) is 96.9 cm³/mol. The number of aliphatic hydroxyl groups is 1. The lowest BCUT2D eigenvalue weighted by Crippen LogP contribution is -2.53. The van der Waals surface area contributed by atoms with Crippen LogP contribution in [0.2, 0.25) is 0 Å². The molecule has 1 saturated heterocycles. The zero-order valence-electron chi connectivity index (χ0n) is 16.3. The Balaban J connectivity index is 1.65. The molecule has 0 saturated carbocycles. The van der Waals surface area contributed by atoms with E-state index in [0.29, 0.717) is 32.5 Å². The molecule has 0 aliphatic carbocycles. The van der Waals surface area contributed by atoms with E-state index in [1.807, 2.05) is 39.0 Å². The molecule has 0 radical (unpaired) electrons. The van der Waals surface area contributed by atoms with Gasteiger partial charge in [-0.25, -0.2) is 4.79 Å². The molecule has 1 aromatic carbocycles. The van der Waals surface area contributed by atoms with Crippen LogP contribution in [0.3, 0.4) is 0 Å². The van der Waals surface area contributed by atoms with Crippen LogP contribution >= 0.6 is 0 Å². The summed E-state index contributed by atoms with van der Waals surface area (Å²) in [6.45, 7) is 10.6. The van der Waals surface area contributed by atoms with Gasteiger partial charge < -0.3 is 24.2 Å². The maximum absolute atomic E-state index is 12.2. The monoisotopic (exact) mass is 363 g/mol. The highest BCUT2D eigenvalue weighted by atomic mass is 16.7. The molecule has 0 bridgehead atoms. The van der Waals surface area contributed by atoms with E-state index in [9.17, 15) is 9.90 Å². The molecule has 144 valence electrons. The molecule has 2 aliphatic heterocycles. The Kier molecular flexibility index (Phi) is 4.69. The Morgan fingerprint density at radius 1 is 1.19 bits per heavy atom. The normalized spacial score (nSPS) is 19.7. The number of carbonyl (C=O) groups is 1. The van der Waals surface area contributed by atoms with Crippen molar-refractivity contribution in [2.45, 2.75) is 71.1 Å². The van der Waals surface area contributed by atoms with Gasteiger partial charge in [0, 0.05) is 31.5 Å². The minimum Gasteiger partial charge on any atom is -0.462 e. The van der Waals surface area contributed by atoms with Crippen molar-refractivity contribution in [1.82, 2.24) is 4.90 Å². The second-order valence-electron chi connectivity index (χ2n) is 8.65. The first-order valence-electron chi connectivity index (χ1n) is 9.14. The Bertz CT molecular complexity index is 678. The summed E-state index contributed by atoms with van der Waals surface area (Å²) in [6, 6.07) is 5.71. The summed E-state index contributed by atoms with van der Waals surface area (Å²) in [7, 11) is 0. The molecular formula is C20H29NO5. The first-order valence-corrected chi connectivity index (χ1v) is 9.14. The van der Waals surface area contributed by atoms with Crippen molar-refractivity contribution in [3.8, 4) is 5.75 Å². The maximum Gasteiger partial charge on any atom is 0.410 e. The number of rotatable bonds is 1. The molecule has 26 heavy (non-hydrogen) atoms. The summed E-state index contributed by atoms with van der Waals surface area (Å²) < 4.78 is 17.7. The van der Waals surface area contributed by atoms with Gasteiger partial charge in [-0.3, -0.25) is 0 Å². The number of nitrogens with zero attached hydrogens (tertiary/aromatic N) is 1. The third kappa shape index (κ3) is 4.13. The van der Waals surface area contributed by atoms with Crippen LogP contribution in [0.25, 0.3) is 0 Å². The molecule has 0 aromatic heterocycles. The van der Waals surface area contributed by atoms with Gasteiger partial charge in [-0.05, 0) is 52.3 Å². The maximum atomic E-state index is 12.2. The first-order chi connectivity index (χ1) is 12.0. The molecule has 2 heterocycles. The Labute approximate surface area is 155 Å². The van der Waals surface area contributed by atoms with Crippen LogP contribution in [0.5, 0.6) is 5.75 Å². The van der Waals surface area contributed by atoms with Crippen LogP contribution in [0.15, 0.2) is 18.2 Å². The van der Waals surface area contributed by atoms with E-state index in [0.717, 1.165) is 16.9 Å². The molecule has 0 atom stereocenters. The Morgan fingerprint density at radius 2 is 1.85 bits per heavy atom. The van der Waals surface area contributed by atoms with Gasteiger partial charge in [0.1, 0.15) is 11.4 Å².